The van der Waals surface area contributed by atoms with Gasteiger partial charge >= 0.3 is 5.97 Å². The first kappa shape index (κ1) is 23.3. The third-order valence-corrected chi connectivity index (χ3v) is 7.15. The number of aryl methyl sites for hydroxylation is 3. The molecule has 0 bridgehead atoms. The zero-order chi connectivity index (χ0) is 24.9. The SMILES string of the molecule is CCC1=C(C(=O)OCC2CC2)N2c3ccccc3N(c3c(C)cc(C)cc3C)C2N1CCC(N)=O. The van der Waals surface area contributed by atoms with Gasteiger partial charge in [0.2, 0.25) is 5.91 Å². The van der Waals surface area contributed by atoms with E-state index >= 15 is 0 Å². The molecule has 2 heterocycles. The molecular formula is C28H34N4O3. The fourth-order valence-corrected chi connectivity index (χ4v) is 5.57. The predicted molar refractivity (Wildman–Crippen MR) is 137 cm³/mol. The molecule has 0 radical (unpaired) electrons. The summed E-state index contributed by atoms with van der Waals surface area (Å²) in [6, 6.07) is 12.6. The smallest absolute Gasteiger partial charge is 0.356 e. The number of para-hydroxylation sites is 2. The third-order valence-electron chi connectivity index (χ3n) is 7.15. The lowest BCUT2D eigenvalue weighted by Gasteiger charge is -2.38. The second-order valence-electron chi connectivity index (χ2n) is 9.92. The molecule has 3 aliphatic rings. The molecule has 0 aromatic heterocycles. The van der Waals surface area contributed by atoms with Crippen molar-refractivity contribution in [1.29, 1.82) is 0 Å². The van der Waals surface area contributed by atoms with E-state index in [2.05, 4.69) is 59.7 Å². The van der Waals surface area contributed by atoms with Gasteiger partial charge in [0.15, 0.2) is 12.0 Å². The minimum atomic E-state index is -0.360. The van der Waals surface area contributed by atoms with Crippen LogP contribution < -0.4 is 15.5 Å². The van der Waals surface area contributed by atoms with Gasteiger partial charge in [-0.2, -0.15) is 0 Å². The summed E-state index contributed by atoms with van der Waals surface area (Å²) in [7, 11) is 0. The van der Waals surface area contributed by atoms with Gasteiger partial charge in [0.1, 0.15) is 0 Å². The minimum absolute atomic E-state index is 0.203. The first-order valence-corrected chi connectivity index (χ1v) is 12.5. The van der Waals surface area contributed by atoms with Crippen molar-refractivity contribution in [2.24, 2.45) is 11.7 Å². The number of ether oxygens (including phenoxy) is 1. The number of fused-ring (bicyclic) bond motifs is 3. The number of anilines is 3. The second kappa shape index (κ2) is 8.95. The van der Waals surface area contributed by atoms with E-state index in [-0.39, 0.29) is 24.6 Å². The lowest BCUT2D eigenvalue weighted by atomic mass is 10.0. The van der Waals surface area contributed by atoms with Gasteiger partial charge in [0.25, 0.3) is 0 Å². The lowest BCUT2D eigenvalue weighted by Crippen LogP contribution is -2.49. The van der Waals surface area contributed by atoms with Crippen LogP contribution in [-0.4, -0.2) is 36.2 Å². The van der Waals surface area contributed by atoms with Crippen molar-refractivity contribution in [3.8, 4) is 0 Å². The maximum absolute atomic E-state index is 13.5. The van der Waals surface area contributed by atoms with Crippen molar-refractivity contribution in [1.82, 2.24) is 4.90 Å². The highest BCUT2D eigenvalue weighted by Crippen LogP contribution is 2.52. The van der Waals surface area contributed by atoms with Crippen molar-refractivity contribution >= 4 is 28.9 Å². The van der Waals surface area contributed by atoms with Crippen LogP contribution in [0.1, 0.15) is 49.3 Å². The fraction of sp³-hybridized carbons (Fsp3) is 0.429. The summed E-state index contributed by atoms with van der Waals surface area (Å²) < 4.78 is 5.81. The summed E-state index contributed by atoms with van der Waals surface area (Å²) >= 11 is 0. The van der Waals surface area contributed by atoms with Gasteiger partial charge in [0.05, 0.1) is 23.7 Å². The largest absolute Gasteiger partial charge is 0.461 e. The number of amides is 1. The average Bonchev–Trinajstić information content (AvgIpc) is 3.51. The van der Waals surface area contributed by atoms with E-state index in [9.17, 15) is 9.59 Å². The zero-order valence-electron chi connectivity index (χ0n) is 21.0. The van der Waals surface area contributed by atoms with Crippen LogP contribution in [0.15, 0.2) is 47.8 Å². The maximum Gasteiger partial charge on any atom is 0.356 e. The van der Waals surface area contributed by atoms with Gasteiger partial charge in [-0.15, -0.1) is 0 Å². The van der Waals surface area contributed by atoms with Crippen LogP contribution in [0.2, 0.25) is 0 Å². The van der Waals surface area contributed by atoms with Crippen LogP contribution in [0.4, 0.5) is 17.1 Å². The second-order valence-corrected chi connectivity index (χ2v) is 9.92. The molecule has 2 N–H and O–H groups in total. The topological polar surface area (TPSA) is 79.1 Å². The van der Waals surface area contributed by atoms with Gasteiger partial charge in [-0.05, 0) is 69.2 Å². The Bertz CT molecular complexity index is 1190. The Morgan fingerprint density at radius 2 is 1.66 bits per heavy atom. The Morgan fingerprint density at radius 1 is 1.03 bits per heavy atom. The van der Waals surface area contributed by atoms with Gasteiger partial charge in [-0.3, -0.25) is 9.69 Å². The minimum Gasteiger partial charge on any atom is -0.461 e. The number of hydrogen-bond donors (Lipinski definition) is 1. The highest BCUT2D eigenvalue weighted by atomic mass is 16.5. The highest BCUT2D eigenvalue weighted by molar-refractivity contribution is 6.00. The van der Waals surface area contributed by atoms with Gasteiger partial charge in [-0.1, -0.05) is 36.8 Å². The molecule has 1 aliphatic carbocycles. The predicted octanol–water partition coefficient (Wildman–Crippen LogP) is 4.62. The summed E-state index contributed by atoms with van der Waals surface area (Å²) in [5.74, 6) is -0.177. The average molecular weight is 475 g/mol. The molecule has 2 aromatic rings. The van der Waals surface area contributed by atoms with E-state index in [1.54, 1.807) is 0 Å². The number of rotatable bonds is 8. The molecule has 35 heavy (non-hydrogen) atoms. The number of carbonyl (C=O) groups is 2. The number of allylic oxidation sites excluding steroid dienone is 1. The Morgan fingerprint density at radius 3 is 2.23 bits per heavy atom. The molecule has 1 saturated carbocycles. The molecule has 7 heteroatoms. The van der Waals surface area contributed by atoms with E-state index in [4.69, 9.17) is 10.5 Å². The number of esters is 1. The third kappa shape index (κ3) is 4.03. The fourth-order valence-electron chi connectivity index (χ4n) is 5.57. The highest BCUT2D eigenvalue weighted by Gasteiger charge is 2.51. The van der Waals surface area contributed by atoms with Gasteiger partial charge in [-0.25, -0.2) is 4.79 Å². The molecule has 2 aromatic carbocycles. The van der Waals surface area contributed by atoms with Crippen molar-refractivity contribution < 1.29 is 14.3 Å². The molecule has 7 nitrogen and oxygen atoms in total. The molecule has 5 rings (SSSR count). The molecule has 2 aliphatic heterocycles. The van der Waals surface area contributed by atoms with Crippen LogP contribution in [0.5, 0.6) is 0 Å². The van der Waals surface area contributed by atoms with Crippen molar-refractivity contribution in [2.45, 2.75) is 59.7 Å². The Kier molecular flexibility index (Phi) is 5.95. The van der Waals surface area contributed by atoms with Crippen molar-refractivity contribution in [3.63, 3.8) is 0 Å². The van der Waals surface area contributed by atoms with E-state index in [0.29, 0.717) is 31.2 Å². The molecule has 1 amide bonds. The van der Waals surface area contributed by atoms with Gasteiger partial charge < -0.3 is 20.3 Å². The number of nitrogens with zero attached hydrogens (tertiary/aromatic N) is 3. The molecular weight excluding hydrogens is 440 g/mol. The molecule has 1 fully saturated rings. The van der Waals surface area contributed by atoms with E-state index in [0.717, 1.165) is 46.7 Å². The Labute approximate surface area is 207 Å². The van der Waals surface area contributed by atoms with E-state index in [1.165, 1.54) is 5.56 Å². The van der Waals surface area contributed by atoms with E-state index in [1.807, 2.05) is 19.1 Å². The number of primary amides is 1. The van der Waals surface area contributed by atoms with Crippen LogP contribution in [-0.2, 0) is 14.3 Å². The lowest BCUT2D eigenvalue weighted by molar-refractivity contribution is -0.139. The quantitative estimate of drug-likeness (QED) is 0.563. The molecule has 184 valence electrons. The molecule has 1 unspecified atom stereocenters. The number of benzene rings is 2. The zero-order valence-corrected chi connectivity index (χ0v) is 21.0. The van der Waals surface area contributed by atoms with Crippen molar-refractivity contribution in [3.05, 3.63) is 64.5 Å². The summed E-state index contributed by atoms with van der Waals surface area (Å²) in [6.07, 6.45) is 2.76. The van der Waals surface area contributed by atoms with Crippen LogP contribution >= 0.6 is 0 Å². The summed E-state index contributed by atoms with van der Waals surface area (Å²) in [5, 5.41) is 0. The number of hydrogen-bond acceptors (Lipinski definition) is 6. The Balaban J connectivity index is 1.66. The molecule has 0 saturated heterocycles. The maximum atomic E-state index is 13.5. The normalized spacial score (nSPS) is 18.7. The first-order valence-electron chi connectivity index (χ1n) is 12.5. The monoisotopic (exact) mass is 474 g/mol. The van der Waals surface area contributed by atoms with Crippen LogP contribution in [0, 0.1) is 26.7 Å². The summed E-state index contributed by atoms with van der Waals surface area (Å²) in [4.78, 5) is 31.9. The van der Waals surface area contributed by atoms with Gasteiger partial charge in [0, 0.05) is 18.7 Å². The summed E-state index contributed by atoms with van der Waals surface area (Å²) in [5.41, 5.74) is 13.7. The molecule has 0 spiro atoms. The number of nitrogens with two attached hydrogens (primary N) is 1. The van der Waals surface area contributed by atoms with Crippen molar-refractivity contribution in [2.75, 3.05) is 23.0 Å². The van der Waals surface area contributed by atoms with Crippen LogP contribution in [0.25, 0.3) is 0 Å². The number of carbonyl (C=O) groups excluding carboxylic acids is 2. The molecule has 1 atom stereocenters. The summed E-state index contributed by atoms with van der Waals surface area (Å²) in [6.45, 7) is 9.29. The van der Waals surface area contributed by atoms with Crippen LogP contribution in [0.3, 0.4) is 0 Å². The Hall–Kier alpha value is -3.48. The first-order chi connectivity index (χ1) is 16.8. The van der Waals surface area contributed by atoms with E-state index < -0.39 is 0 Å². The standard InChI is InChI=1S/C28H34N4O3/c1-5-21-26(27(34)35-16-20-10-11-20)32-23-9-7-6-8-22(23)31(28(32)30(21)13-12-24(29)33)25-18(3)14-17(2)15-19(25)4/h6-9,14-15,20,28H,5,10-13,16H2,1-4H3,(H2,29,33).